The molecule has 0 aromatic rings. The van der Waals surface area contributed by atoms with Crippen molar-refractivity contribution >= 4 is 11.8 Å². The van der Waals surface area contributed by atoms with Crippen LogP contribution in [0.5, 0.6) is 0 Å². The van der Waals surface area contributed by atoms with Gasteiger partial charge in [-0.15, -0.1) is 0 Å². The third kappa shape index (κ3) is 3.20. The third-order valence-electron chi connectivity index (χ3n) is 2.95. The summed E-state index contributed by atoms with van der Waals surface area (Å²) in [7, 11) is 0. The van der Waals surface area contributed by atoms with E-state index in [1.165, 1.54) is 0 Å². The summed E-state index contributed by atoms with van der Waals surface area (Å²) in [5.41, 5.74) is 5.39. The van der Waals surface area contributed by atoms with Crippen LogP contribution in [0.1, 0.15) is 26.7 Å². The second-order valence-electron chi connectivity index (χ2n) is 4.40. The van der Waals surface area contributed by atoms with Gasteiger partial charge in [0.25, 0.3) is 0 Å². The number of hydrogen-bond donors (Lipinski definition) is 2. The second-order valence-corrected chi connectivity index (χ2v) is 4.40. The molecule has 1 saturated heterocycles. The standard InChI is InChI=1S/C11H21N3O2/c1-8(7-12)10(15)13-9(2)11(16)14-5-3-4-6-14/h8-9H,3-7,12H2,1-2H3,(H,13,15). The van der Waals surface area contributed by atoms with E-state index in [9.17, 15) is 9.59 Å². The predicted molar refractivity (Wildman–Crippen MR) is 61.6 cm³/mol. The Morgan fingerprint density at radius 1 is 1.31 bits per heavy atom. The molecule has 0 bridgehead atoms. The summed E-state index contributed by atoms with van der Waals surface area (Å²) < 4.78 is 0. The molecule has 3 N–H and O–H groups in total. The third-order valence-corrected chi connectivity index (χ3v) is 2.95. The lowest BCUT2D eigenvalue weighted by Crippen LogP contribution is -2.48. The van der Waals surface area contributed by atoms with E-state index in [1.54, 1.807) is 18.7 Å². The Balaban J connectivity index is 2.41. The van der Waals surface area contributed by atoms with Crippen LogP contribution in [-0.4, -0.2) is 42.4 Å². The van der Waals surface area contributed by atoms with E-state index in [2.05, 4.69) is 5.32 Å². The summed E-state index contributed by atoms with van der Waals surface area (Å²) in [6.45, 7) is 5.40. The molecule has 1 fully saturated rings. The predicted octanol–water partition coefficient (Wildman–Crippen LogP) is -0.292. The molecule has 1 heterocycles. The fourth-order valence-corrected chi connectivity index (χ4v) is 1.74. The molecule has 5 nitrogen and oxygen atoms in total. The molecule has 5 heteroatoms. The van der Waals surface area contributed by atoms with E-state index in [0.717, 1.165) is 25.9 Å². The lowest BCUT2D eigenvalue weighted by Gasteiger charge is -2.22. The van der Waals surface area contributed by atoms with Crippen LogP contribution < -0.4 is 11.1 Å². The number of rotatable bonds is 4. The maximum atomic E-state index is 11.9. The first-order valence-electron chi connectivity index (χ1n) is 5.85. The molecule has 16 heavy (non-hydrogen) atoms. The molecular weight excluding hydrogens is 206 g/mol. The molecule has 2 unspecified atom stereocenters. The molecule has 0 saturated carbocycles. The maximum absolute atomic E-state index is 11.9. The monoisotopic (exact) mass is 227 g/mol. The highest BCUT2D eigenvalue weighted by Gasteiger charge is 2.25. The van der Waals surface area contributed by atoms with Gasteiger partial charge in [-0.3, -0.25) is 9.59 Å². The van der Waals surface area contributed by atoms with Crippen molar-refractivity contribution in [1.29, 1.82) is 0 Å². The number of likely N-dealkylation sites (tertiary alicyclic amines) is 1. The number of nitrogens with two attached hydrogens (primary N) is 1. The summed E-state index contributed by atoms with van der Waals surface area (Å²) in [5.74, 6) is -0.383. The maximum Gasteiger partial charge on any atom is 0.244 e. The van der Waals surface area contributed by atoms with Gasteiger partial charge < -0.3 is 16.0 Å². The molecule has 1 aliphatic rings. The van der Waals surface area contributed by atoms with Gasteiger partial charge in [-0.05, 0) is 19.8 Å². The van der Waals surface area contributed by atoms with Crippen LogP contribution in [0.3, 0.4) is 0 Å². The van der Waals surface area contributed by atoms with E-state index >= 15 is 0 Å². The Labute approximate surface area is 96.4 Å². The van der Waals surface area contributed by atoms with E-state index in [1.807, 2.05) is 0 Å². The van der Waals surface area contributed by atoms with Crippen molar-refractivity contribution in [3.05, 3.63) is 0 Å². The SMILES string of the molecule is CC(CN)C(=O)NC(C)C(=O)N1CCCC1. The van der Waals surface area contributed by atoms with Crippen LogP contribution in [-0.2, 0) is 9.59 Å². The lowest BCUT2D eigenvalue weighted by atomic mass is 10.1. The Morgan fingerprint density at radius 2 is 1.88 bits per heavy atom. The molecule has 2 atom stereocenters. The van der Waals surface area contributed by atoms with Crippen LogP contribution in [0.25, 0.3) is 0 Å². The van der Waals surface area contributed by atoms with Crippen molar-refractivity contribution in [2.45, 2.75) is 32.7 Å². The molecule has 2 amide bonds. The zero-order valence-electron chi connectivity index (χ0n) is 10.0. The fourth-order valence-electron chi connectivity index (χ4n) is 1.74. The van der Waals surface area contributed by atoms with Gasteiger partial charge in [0, 0.05) is 25.6 Å². The first-order valence-corrected chi connectivity index (χ1v) is 5.85. The van der Waals surface area contributed by atoms with E-state index in [0.29, 0.717) is 6.54 Å². The highest BCUT2D eigenvalue weighted by molar-refractivity contribution is 5.88. The molecule has 0 spiro atoms. The van der Waals surface area contributed by atoms with E-state index < -0.39 is 6.04 Å². The quantitative estimate of drug-likeness (QED) is 0.693. The molecule has 1 aliphatic heterocycles. The molecule has 92 valence electrons. The summed E-state index contributed by atoms with van der Waals surface area (Å²) in [5, 5.41) is 2.70. The van der Waals surface area contributed by atoms with Crippen molar-refractivity contribution in [2.24, 2.45) is 11.7 Å². The number of carbonyl (C=O) groups excluding carboxylic acids is 2. The topological polar surface area (TPSA) is 75.4 Å². The minimum Gasteiger partial charge on any atom is -0.344 e. The average molecular weight is 227 g/mol. The smallest absolute Gasteiger partial charge is 0.244 e. The Bertz CT molecular complexity index is 262. The highest BCUT2D eigenvalue weighted by atomic mass is 16.2. The number of hydrogen-bond acceptors (Lipinski definition) is 3. The minimum atomic E-state index is -0.445. The van der Waals surface area contributed by atoms with Gasteiger partial charge in [-0.1, -0.05) is 6.92 Å². The van der Waals surface area contributed by atoms with Crippen LogP contribution in [0, 0.1) is 5.92 Å². The average Bonchev–Trinajstić information content (AvgIpc) is 2.79. The summed E-state index contributed by atoms with van der Waals surface area (Å²) in [6.07, 6.45) is 2.12. The van der Waals surface area contributed by atoms with Gasteiger partial charge in [-0.2, -0.15) is 0 Å². The minimum absolute atomic E-state index is 0.00933. The summed E-state index contributed by atoms with van der Waals surface area (Å²) in [4.78, 5) is 25.2. The van der Waals surface area contributed by atoms with E-state index in [4.69, 9.17) is 5.73 Å². The zero-order chi connectivity index (χ0) is 12.1. The Kier molecular flexibility index (Phi) is 4.73. The van der Waals surface area contributed by atoms with Gasteiger partial charge in [0.1, 0.15) is 6.04 Å². The van der Waals surface area contributed by atoms with Crippen molar-refractivity contribution in [3.8, 4) is 0 Å². The van der Waals surface area contributed by atoms with Crippen LogP contribution >= 0.6 is 0 Å². The second kappa shape index (κ2) is 5.84. The largest absolute Gasteiger partial charge is 0.344 e. The highest BCUT2D eigenvalue weighted by Crippen LogP contribution is 2.09. The summed E-state index contributed by atoms with van der Waals surface area (Å²) in [6, 6.07) is -0.445. The van der Waals surface area contributed by atoms with Crippen LogP contribution in [0.2, 0.25) is 0 Å². The van der Waals surface area contributed by atoms with E-state index in [-0.39, 0.29) is 17.7 Å². The van der Waals surface area contributed by atoms with Crippen LogP contribution in [0.15, 0.2) is 0 Å². The Morgan fingerprint density at radius 3 is 2.38 bits per heavy atom. The number of carbonyl (C=O) groups is 2. The molecule has 0 aromatic carbocycles. The summed E-state index contributed by atoms with van der Waals surface area (Å²) >= 11 is 0. The Hall–Kier alpha value is -1.10. The van der Waals surface area contributed by atoms with Gasteiger partial charge in [0.15, 0.2) is 0 Å². The zero-order valence-corrected chi connectivity index (χ0v) is 10.0. The molecule has 0 aromatic heterocycles. The fraction of sp³-hybridized carbons (Fsp3) is 0.818. The molecule has 1 rings (SSSR count). The van der Waals surface area contributed by atoms with Crippen molar-refractivity contribution in [2.75, 3.05) is 19.6 Å². The number of amides is 2. The first kappa shape index (κ1) is 13.0. The van der Waals surface area contributed by atoms with Crippen molar-refractivity contribution in [1.82, 2.24) is 10.2 Å². The molecule has 0 radical (unpaired) electrons. The normalized spacial score (nSPS) is 19.3. The van der Waals surface area contributed by atoms with Crippen molar-refractivity contribution < 1.29 is 9.59 Å². The van der Waals surface area contributed by atoms with Crippen LogP contribution in [0.4, 0.5) is 0 Å². The molecule has 0 aliphatic carbocycles. The first-order chi connectivity index (χ1) is 7.56. The van der Waals surface area contributed by atoms with Crippen molar-refractivity contribution in [3.63, 3.8) is 0 Å². The molecular formula is C11H21N3O2. The van der Waals surface area contributed by atoms with Gasteiger partial charge in [-0.25, -0.2) is 0 Å². The van der Waals surface area contributed by atoms with Gasteiger partial charge in [0.2, 0.25) is 11.8 Å². The number of nitrogens with zero attached hydrogens (tertiary/aromatic N) is 1. The lowest BCUT2D eigenvalue weighted by molar-refractivity contribution is -0.135. The number of nitrogens with one attached hydrogen (secondary N) is 1. The van der Waals surface area contributed by atoms with Gasteiger partial charge >= 0.3 is 0 Å². The van der Waals surface area contributed by atoms with Gasteiger partial charge in [0.05, 0.1) is 0 Å².